The molecule has 0 saturated heterocycles. The predicted molar refractivity (Wildman–Crippen MR) is 126 cm³/mol. The lowest BCUT2D eigenvalue weighted by Crippen LogP contribution is -2.17. The van der Waals surface area contributed by atoms with Crippen molar-refractivity contribution in [3.05, 3.63) is 96.5 Å². The molecule has 0 heterocycles. The van der Waals surface area contributed by atoms with Crippen molar-refractivity contribution >= 4 is 57.9 Å². The zero-order valence-corrected chi connectivity index (χ0v) is 19.1. The lowest BCUT2D eigenvalue weighted by Gasteiger charge is -2.09. The van der Waals surface area contributed by atoms with Crippen LogP contribution in [0.1, 0.15) is 27.0 Å². The minimum Gasteiger partial charge on any atom is -0.487 e. The number of halogens is 3. The van der Waals surface area contributed by atoms with Gasteiger partial charge in [-0.1, -0.05) is 41.4 Å². The average molecular weight is 539 g/mol. The van der Waals surface area contributed by atoms with Crippen molar-refractivity contribution in [3.63, 3.8) is 0 Å². The van der Waals surface area contributed by atoms with Crippen LogP contribution in [-0.2, 0) is 6.61 Å². The lowest BCUT2D eigenvalue weighted by atomic mass is 10.1. The number of nitrogens with zero attached hydrogens (tertiary/aromatic N) is 1. The molecule has 0 unspecified atom stereocenters. The molecule has 0 aliphatic heterocycles. The van der Waals surface area contributed by atoms with Crippen LogP contribution < -0.4 is 10.2 Å². The third kappa shape index (κ3) is 6.19. The normalized spacial score (nSPS) is 10.9. The summed E-state index contributed by atoms with van der Waals surface area (Å²) in [5, 5.41) is 4.98. The zero-order chi connectivity index (χ0) is 20.8. The Morgan fingerprint density at radius 1 is 1.07 bits per heavy atom. The van der Waals surface area contributed by atoms with E-state index in [4.69, 9.17) is 27.9 Å². The van der Waals surface area contributed by atoms with E-state index in [0.717, 1.165) is 16.7 Å². The summed E-state index contributed by atoms with van der Waals surface area (Å²) < 4.78 is 6.95. The zero-order valence-electron chi connectivity index (χ0n) is 15.5. The van der Waals surface area contributed by atoms with Gasteiger partial charge in [-0.15, -0.1) is 0 Å². The molecule has 0 saturated carbocycles. The van der Waals surface area contributed by atoms with Crippen molar-refractivity contribution in [3.8, 4) is 5.75 Å². The summed E-state index contributed by atoms with van der Waals surface area (Å²) in [6.45, 7) is 2.30. The first-order chi connectivity index (χ1) is 13.9. The van der Waals surface area contributed by atoms with Crippen LogP contribution in [0.25, 0.3) is 0 Å². The van der Waals surface area contributed by atoms with Gasteiger partial charge < -0.3 is 4.74 Å². The van der Waals surface area contributed by atoms with Gasteiger partial charge in [-0.3, -0.25) is 4.79 Å². The molecule has 7 heteroatoms. The number of carbonyl (C=O) groups excluding carboxylic acids is 1. The monoisotopic (exact) mass is 538 g/mol. The second-order valence-electron chi connectivity index (χ2n) is 6.27. The topological polar surface area (TPSA) is 50.7 Å². The van der Waals surface area contributed by atoms with Gasteiger partial charge in [-0.25, -0.2) is 5.43 Å². The summed E-state index contributed by atoms with van der Waals surface area (Å²) in [7, 11) is 0. The van der Waals surface area contributed by atoms with E-state index in [1.807, 2.05) is 37.3 Å². The van der Waals surface area contributed by atoms with E-state index in [9.17, 15) is 4.79 Å². The van der Waals surface area contributed by atoms with Crippen LogP contribution in [0.4, 0.5) is 0 Å². The molecule has 3 aromatic carbocycles. The molecule has 1 amide bonds. The molecular weight excluding hydrogens is 522 g/mol. The number of carbonyl (C=O) groups is 1. The molecule has 29 heavy (non-hydrogen) atoms. The van der Waals surface area contributed by atoms with Gasteiger partial charge in [0.1, 0.15) is 12.4 Å². The first-order valence-electron chi connectivity index (χ1n) is 8.69. The van der Waals surface area contributed by atoms with Crippen LogP contribution in [0.5, 0.6) is 5.75 Å². The Morgan fingerprint density at radius 3 is 2.52 bits per heavy atom. The number of nitrogens with one attached hydrogen (secondary N) is 1. The van der Waals surface area contributed by atoms with Crippen LogP contribution in [0.3, 0.4) is 0 Å². The average Bonchev–Trinajstić information content (AvgIpc) is 2.70. The summed E-state index contributed by atoms with van der Waals surface area (Å²) in [5.74, 6) is 0.243. The molecule has 0 atom stereocenters. The van der Waals surface area contributed by atoms with Crippen molar-refractivity contribution in [2.75, 3.05) is 0 Å². The second kappa shape index (κ2) is 10.1. The maximum absolute atomic E-state index is 12.1. The standard InChI is InChI=1S/C22H17Cl2IN2O2/c1-14-2-6-17(11-19(14)23)22(28)27-26-12-16-5-9-21(20(24)10-16)29-13-15-3-7-18(25)8-4-15/h2-12H,13H2,1H3,(H,27,28)/b26-12-. The Balaban J connectivity index is 1.58. The summed E-state index contributed by atoms with van der Waals surface area (Å²) in [5.41, 5.74) is 5.62. The Labute approximate surface area is 193 Å². The fourth-order valence-electron chi connectivity index (χ4n) is 2.42. The molecule has 0 fully saturated rings. The quantitative estimate of drug-likeness (QED) is 0.229. The highest BCUT2D eigenvalue weighted by atomic mass is 127. The van der Waals surface area contributed by atoms with E-state index in [2.05, 4.69) is 33.1 Å². The summed E-state index contributed by atoms with van der Waals surface area (Å²) >= 11 is 14.6. The first-order valence-corrected chi connectivity index (χ1v) is 10.5. The van der Waals surface area contributed by atoms with Gasteiger partial charge in [0.15, 0.2) is 0 Å². The largest absolute Gasteiger partial charge is 0.487 e. The van der Waals surface area contributed by atoms with Crippen molar-refractivity contribution < 1.29 is 9.53 Å². The molecule has 3 rings (SSSR count). The van der Waals surface area contributed by atoms with Gasteiger partial charge in [-0.05, 0) is 88.7 Å². The third-order valence-corrected chi connectivity index (χ3v) is 5.50. The molecule has 148 valence electrons. The molecule has 0 spiro atoms. The van der Waals surface area contributed by atoms with E-state index >= 15 is 0 Å². The van der Waals surface area contributed by atoms with Crippen LogP contribution in [0.2, 0.25) is 10.0 Å². The van der Waals surface area contributed by atoms with Gasteiger partial charge >= 0.3 is 0 Å². The number of hydrogen-bond donors (Lipinski definition) is 1. The van der Waals surface area contributed by atoms with Crippen LogP contribution in [-0.4, -0.2) is 12.1 Å². The van der Waals surface area contributed by atoms with Gasteiger partial charge in [-0.2, -0.15) is 5.10 Å². The molecule has 3 aromatic rings. The maximum Gasteiger partial charge on any atom is 0.271 e. The fraction of sp³-hybridized carbons (Fsp3) is 0.0909. The van der Waals surface area contributed by atoms with E-state index in [1.54, 1.807) is 30.3 Å². The first kappa shape index (κ1) is 21.6. The summed E-state index contributed by atoms with van der Waals surface area (Å²) in [6, 6.07) is 18.5. The minimum absolute atomic E-state index is 0.341. The number of benzene rings is 3. The SMILES string of the molecule is Cc1ccc(C(=O)N/N=C\c2ccc(OCc3ccc(I)cc3)c(Cl)c2)cc1Cl. The molecule has 0 bridgehead atoms. The number of rotatable bonds is 6. The number of amides is 1. The minimum atomic E-state index is -0.341. The number of hydrogen-bond acceptors (Lipinski definition) is 3. The van der Waals surface area contributed by atoms with Crippen LogP contribution in [0, 0.1) is 10.5 Å². The highest BCUT2D eigenvalue weighted by molar-refractivity contribution is 14.1. The molecule has 0 aliphatic carbocycles. The molecule has 0 radical (unpaired) electrons. The van der Waals surface area contributed by atoms with Crippen molar-refractivity contribution in [1.82, 2.24) is 5.43 Å². The Kier molecular flexibility index (Phi) is 7.52. The molecule has 0 aromatic heterocycles. The number of hydrazone groups is 1. The van der Waals surface area contributed by atoms with Crippen molar-refractivity contribution in [1.29, 1.82) is 0 Å². The summed E-state index contributed by atoms with van der Waals surface area (Å²) in [4.78, 5) is 12.1. The van der Waals surface area contributed by atoms with Crippen LogP contribution >= 0.6 is 45.8 Å². The third-order valence-electron chi connectivity index (χ3n) is 4.08. The Morgan fingerprint density at radius 2 is 1.83 bits per heavy atom. The molecular formula is C22H17Cl2IN2O2. The predicted octanol–water partition coefficient (Wildman–Crippen LogP) is 6.25. The van der Waals surface area contributed by atoms with E-state index < -0.39 is 0 Å². The smallest absolute Gasteiger partial charge is 0.271 e. The lowest BCUT2D eigenvalue weighted by molar-refractivity contribution is 0.0955. The van der Waals surface area contributed by atoms with Gasteiger partial charge in [0.05, 0.1) is 11.2 Å². The van der Waals surface area contributed by atoms with E-state index in [-0.39, 0.29) is 5.91 Å². The van der Waals surface area contributed by atoms with Crippen molar-refractivity contribution in [2.45, 2.75) is 13.5 Å². The Bertz CT molecular complexity index is 1050. The molecule has 4 nitrogen and oxygen atoms in total. The van der Waals surface area contributed by atoms with Gasteiger partial charge in [0.2, 0.25) is 0 Å². The Hall–Kier alpha value is -2.09. The van der Waals surface area contributed by atoms with E-state index in [0.29, 0.717) is 28.0 Å². The maximum atomic E-state index is 12.1. The number of ether oxygens (including phenoxy) is 1. The number of aryl methyl sites for hydroxylation is 1. The summed E-state index contributed by atoms with van der Waals surface area (Å²) in [6.07, 6.45) is 1.52. The van der Waals surface area contributed by atoms with Crippen LogP contribution in [0.15, 0.2) is 65.8 Å². The second-order valence-corrected chi connectivity index (χ2v) is 8.33. The molecule has 1 N–H and O–H groups in total. The van der Waals surface area contributed by atoms with E-state index in [1.165, 1.54) is 9.78 Å². The highest BCUT2D eigenvalue weighted by Crippen LogP contribution is 2.26. The van der Waals surface area contributed by atoms with Gasteiger partial charge in [0, 0.05) is 14.2 Å². The van der Waals surface area contributed by atoms with Crippen molar-refractivity contribution in [2.24, 2.45) is 5.10 Å². The molecule has 0 aliphatic rings. The highest BCUT2D eigenvalue weighted by Gasteiger charge is 2.07. The fourth-order valence-corrected chi connectivity index (χ4v) is 3.20. The van der Waals surface area contributed by atoms with Gasteiger partial charge in [0.25, 0.3) is 5.91 Å².